The number of aromatic nitrogens is 1. The van der Waals surface area contributed by atoms with Gasteiger partial charge in [-0.25, -0.2) is 4.98 Å². The van der Waals surface area contributed by atoms with Crippen molar-refractivity contribution in [1.29, 1.82) is 0 Å². The second-order valence-electron chi connectivity index (χ2n) is 4.32. The number of hydrogen-bond donors (Lipinski definition) is 1. The van der Waals surface area contributed by atoms with Gasteiger partial charge in [0.25, 0.3) is 0 Å². The Balaban J connectivity index is 2.17. The molecule has 1 unspecified atom stereocenters. The van der Waals surface area contributed by atoms with Gasteiger partial charge in [-0.05, 0) is 30.4 Å². The summed E-state index contributed by atoms with van der Waals surface area (Å²) in [7, 11) is 0. The molecular weight excluding hydrogens is 216 g/mol. The number of thiazole rings is 1. The Morgan fingerprint density at radius 2 is 2.19 bits per heavy atom. The third-order valence-corrected chi connectivity index (χ3v) is 4.28. The molecule has 0 amide bonds. The van der Waals surface area contributed by atoms with E-state index in [1.807, 2.05) is 11.6 Å². The van der Waals surface area contributed by atoms with Crippen LogP contribution >= 0.6 is 11.3 Å². The van der Waals surface area contributed by atoms with E-state index in [1.165, 1.54) is 11.1 Å². The number of nitrogens with two attached hydrogens (primary N) is 1. The van der Waals surface area contributed by atoms with Gasteiger partial charge in [0.2, 0.25) is 0 Å². The van der Waals surface area contributed by atoms with E-state index in [4.69, 9.17) is 5.73 Å². The van der Waals surface area contributed by atoms with Crippen LogP contribution in [0.25, 0.3) is 0 Å². The number of rotatable bonds is 1. The second-order valence-corrected chi connectivity index (χ2v) is 5.21. The molecule has 0 radical (unpaired) electrons. The Hall–Kier alpha value is -1.19. The van der Waals surface area contributed by atoms with Gasteiger partial charge in [-0.1, -0.05) is 24.3 Å². The van der Waals surface area contributed by atoms with Gasteiger partial charge in [-0.2, -0.15) is 0 Å². The maximum atomic E-state index is 6.58. The molecule has 0 aliphatic heterocycles. The van der Waals surface area contributed by atoms with Gasteiger partial charge in [0, 0.05) is 11.6 Å². The maximum Gasteiger partial charge on any atom is 0.117 e. The van der Waals surface area contributed by atoms with Crippen LogP contribution < -0.4 is 5.73 Å². The molecule has 1 aromatic heterocycles. The van der Waals surface area contributed by atoms with Crippen molar-refractivity contribution in [1.82, 2.24) is 4.98 Å². The summed E-state index contributed by atoms with van der Waals surface area (Å²) >= 11 is 1.66. The first-order chi connectivity index (χ1) is 7.81. The van der Waals surface area contributed by atoms with Gasteiger partial charge >= 0.3 is 0 Å². The molecule has 0 saturated carbocycles. The Labute approximate surface area is 99.1 Å². The van der Waals surface area contributed by atoms with E-state index in [0.29, 0.717) is 0 Å². The van der Waals surface area contributed by atoms with Crippen molar-refractivity contribution in [2.75, 3.05) is 0 Å². The minimum Gasteiger partial charge on any atom is -0.316 e. The molecule has 0 bridgehead atoms. The Morgan fingerprint density at radius 1 is 1.31 bits per heavy atom. The van der Waals surface area contributed by atoms with Gasteiger partial charge < -0.3 is 5.73 Å². The van der Waals surface area contributed by atoms with E-state index in [2.05, 4.69) is 29.2 Å². The molecule has 2 aromatic rings. The topological polar surface area (TPSA) is 38.9 Å². The third-order valence-electron chi connectivity index (χ3n) is 3.33. The fourth-order valence-corrected chi connectivity index (χ4v) is 3.33. The van der Waals surface area contributed by atoms with Crippen LogP contribution in [0.2, 0.25) is 0 Å². The zero-order chi connectivity index (χ0) is 11.0. The van der Waals surface area contributed by atoms with Gasteiger partial charge in [0.05, 0.1) is 5.54 Å². The second kappa shape index (κ2) is 3.68. The summed E-state index contributed by atoms with van der Waals surface area (Å²) in [5.41, 5.74) is 8.87. The zero-order valence-electron chi connectivity index (χ0n) is 9.02. The minimum absolute atomic E-state index is 0.358. The third kappa shape index (κ3) is 1.39. The summed E-state index contributed by atoms with van der Waals surface area (Å²) in [6.07, 6.45) is 5.12. The molecule has 0 spiro atoms. The molecule has 0 fully saturated rings. The summed E-state index contributed by atoms with van der Waals surface area (Å²) in [4.78, 5) is 4.40. The van der Waals surface area contributed by atoms with Gasteiger partial charge in [-0.15, -0.1) is 11.3 Å². The molecule has 82 valence electrons. The fourth-order valence-electron chi connectivity index (χ4n) is 2.53. The molecule has 3 heteroatoms. The first-order valence-corrected chi connectivity index (χ1v) is 6.46. The molecular formula is C13H14N2S. The highest BCUT2D eigenvalue weighted by molar-refractivity contribution is 7.09. The highest BCUT2D eigenvalue weighted by Gasteiger charge is 2.36. The van der Waals surface area contributed by atoms with E-state index in [9.17, 15) is 0 Å². The monoisotopic (exact) mass is 230 g/mol. The lowest BCUT2D eigenvalue weighted by Gasteiger charge is -2.34. The smallest absolute Gasteiger partial charge is 0.117 e. The van der Waals surface area contributed by atoms with Gasteiger partial charge in [0.1, 0.15) is 5.01 Å². The van der Waals surface area contributed by atoms with E-state index >= 15 is 0 Å². The van der Waals surface area contributed by atoms with Crippen LogP contribution in [0.1, 0.15) is 29.0 Å². The van der Waals surface area contributed by atoms with Crippen LogP contribution in [-0.2, 0) is 12.0 Å². The van der Waals surface area contributed by atoms with Gasteiger partial charge in [-0.3, -0.25) is 0 Å². The number of aryl methyl sites for hydroxylation is 1. The van der Waals surface area contributed by atoms with E-state index in [-0.39, 0.29) is 5.54 Å². The summed E-state index contributed by atoms with van der Waals surface area (Å²) in [6.45, 7) is 0. The average Bonchev–Trinajstić information content (AvgIpc) is 2.84. The van der Waals surface area contributed by atoms with Crippen LogP contribution in [0.3, 0.4) is 0 Å². The molecule has 1 heterocycles. The number of benzene rings is 1. The normalized spacial score (nSPS) is 24.1. The van der Waals surface area contributed by atoms with Crippen LogP contribution in [0.5, 0.6) is 0 Å². The van der Waals surface area contributed by atoms with Crippen molar-refractivity contribution in [3.8, 4) is 0 Å². The quantitative estimate of drug-likeness (QED) is 0.818. The predicted molar refractivity (Wildman–Crippen MR) is 66.5 cm³/mol. The number of nitrogens with zero attached hydrogens (tertiary/aromatic N) is 1. The SMILES string of the molecule is NC1(c2nccs2)CCCc2ccccc21. The molecule has 0 saturated heterocycles. The lowest BCUT2D eigenvalue weighted by molar-refractivity contribution is 0.441. The first-order valence-electron chi connectivity index (χ1n) is 5.58. The first kappa shape index (κ1) is 10.00. The lowest BCUT2D eigenvalue weighted by Crippen LogP contribution is -2.41. The molecule has 2 nitrogen and oxygen atoms in total. The average molecular weight is 230 g/mol. The van der Waals surface area contributed by atoms with Crippen LogP contribution in [-0.4, -0.2) is 4.98 Å². The Morgan fingerprint density at radius 3 is 3.00 bits per heavy atom. The minimum atomic E-state index is -0.358. The van der Waals surface area contributed by atoms with Crippen molar-refractivity contribution in [2.45, 2.75) is 24.8 Å². The van der Waals surface area contributed by atoms with Crippen molar-refractivity contribution in [3.63, 3.8) is 0 Å². The van der Waals surface area contributed by atoms with Crippen molar-refractivity contribution < 1.29 is 0 Å². The predicted octanol–water partition coefficient (Wildman–Crippen LogP) is 2.68. The number of fused-ring (bicyclic) bond motifs is 1. The Bertz CT molecular complexity index is 492. The van der Waals surface area contributed by atoms with Crippen LogP contribution in [0, 0.1) is 0 Å². The molecule has 1 atom stereocenters. The van der Waals surface area contributed by atoms with Gasteiger partial charge in [0.15, 0.2) is 0 Å². The maximum absolute atomic E-state index is 6.58. The summed E-state index contributed by atoms with van der Waals surface area (Å²) < 4.78 is 0. The van der Waals surface area contributed by atoms with Crippen LogP contribution in [0.15, 0.2) is 35.8 Å². The molecule has 1 aliphatic rings. The standard InChI is InChI=1S/C13H14N2S/c14-13(12-15-8-9-16-12)7-3-5-10-4-1-2-6-11(10)13/h1-2,4,6,8-9H,3,5,7,14H2. The van der Waals surface area contributed by atoms with Crippen LogP contribution in [0.4, 0.5) is 0 Å². The largest absolute Gasteiger partial charge is 0.316 e. The highest BCUT2D eigenvalue weighted by atomic mass is 32.1. The summed E-state index contributed by atoms with van der Waals surface area (Å²) in [5.74, 6) is 0. The van der Waals surface area contributed by atoms with Crippen molar-refractivity contribution >= 4 is 11.3 Å². The lowest BCUT2D eigenvalue weighted by atomic mass is 9.77. The fraction of sp³-hybridized carbons (Fsp3) is 0.308. The summed E-state index contributed by atoms with van der Waals surface area (Å²) in [5, 5.41) is 3.04. The Kier molecular flexibility index (Phi) is 2.30. The zero-order valence-corrected chi connectivity index (χ0v) is 9.83. The molecule has 1 aliphatic carbocycles. The summed E-state index contributed by atoms with van der Waals surface area (Å²) in [6, 6.07) is 8.49. The molecule has 2 N–H and O–H groups in total. The van der Waals surface area contributed by atoms with E-state index in [0.717, 1.165) is 24.3 Å². The molecule has 16 heavy (non-hydrogen) atoms. The molecule has 1 aromatic carbocycles. The molecule has 3 rings (SSSR count). The van der Waals surface area contributed by atoms with Crippen molar-refractivity contribution in [3.05, 3.63) is 52.0 Å². The highest BCUT2D eigenvalue weighted by Crippen LogP contribution is 2.38. The van der Waals surface area contributed by atoms with E-state index < -0.39 is 0 Å². The van der Waals surface area contributed by atoms with Crippen molar-refractivity contribution in [2.24, 2.45) is 5.73 Å². The van der Waals surface area contributed by atoms with E-state index in [1.54, 1.807) is 11.3 Å². The number of hydrogen-bond acceptors (Lipinski definition) is 3.